The molecule has 2 N–H and O–H groups in total. The molecule has 11 heteroatoms. The van der Waals surface area contributed by atoms with Gasteiger partial charge in [0.25, 0.3) is 11.1 Å². The summed E-state index contributed by atoms with van der Waals surface area (Å²) >= 11 is 1.92. The van der Waals surface area contributed by atoms with E-state index in [4.69, 9.17) is 4.74 Å². The fraction of sp³-hybridized carbons (Fsp3) is 0.278. The number of nitrogens with one attached hydrogen (secondary N) is 1. The molecular weight excluding hydrogens is 501 g/mol. The summed E-state index contributed by atoms with van der Waals surface area (Å²) in [6, 6.07) is 4.19. The minimum absolute atomic E-state index is 0.0451. The van der Waals surface area contributed by atoms with Gasteiger partial charge in [0.05, 0.1) is 30.6 Å². The Hall–Kier alpha value is -2.38. The van der Waals surface area contributed by atoms with Crippen LogP contribution in [-0.2, 0) is 18.3 Å². The molecule has 2 heterocycles. The number of aliphatic hydroxyl groups excluding tert-OH is 1. The molecule has 0 aliphatic rings. The molecule has 154 valence electrons. The van der Waals surface area contributed by atoms with E-state index < -0.39 is 34.5 Å². The zero-order valence-electron chi connectivity index (χ0n) is 15.4. The van der Waals surface area contributed by atoms with E-state index in [1.165, 1.54) is 32.6 Å². The lowest BCUT2D eigenvalue weighted by molar-refractivity contribution is 0.0365. The summed E-state index contributed by atoms with van der Waals surface area (Å²) in [4.78, 5) is 29.4. The lowest BCUT2D eigenvalue weighted by Gasteiger charge is -2.17. The molecule has 0 aliphatic heterocycles. The number of methoxy groups -OCH3 is 1. The number of hydrogen-bond acceptors (Lipinski definition) is 6. The van der Waals surface area contributed by atoms with Gasteiger partial charge >= 0.3 is 0 Å². The molecule has 1 atom stereocenters. The van der Waals surface area contributed by atoms with Crippen LogP contribution in [-0.4, -0.2) is 39.0 Å². The predicted molar refractivity (Wildman–Crippen MR) is 111 cm³/mol. The summed E-state index contributed by atoms with van der Waals surface area (Å²) < 4.78 is 36.8. The molecule has 29 heavy (non-hydrogen) atoms. The molecule has 2 aromatic heterocycles. The van der Waals surface area contributed by atoms with E-state index in [9.17, 15) is 23.5 Å². The third-order valence-corrected chi connectivity index (χ3v) is 5.10. The Morgan fingerprint density at radius 3 is 2.66 bits per heavy atom. The smallest absolute Gasteiger partial charge is 0.290 e. The van der Waals surface area contributed by atoms with Crippen LogP contribution in [0.2, 0.25) is 0 Å². The Labute approximate surface area is 176 Å². The zero-order valence-corrected chi connectivity index (χ0v) is 17.6. The van der Waals surface area contributed by atoms with Crippen LogP contribution in [0.25, 0.3) is 11.0 Å². The van der Waals surface area contributed by atoms with Crippen LogP contribution in [0, 0.1) is 15.2 Å². The van der Waals surface area contributed by atoms with E-state index in [1.807, 2.05) is 22.6 Å². The third kappa shape index (κ3) is 4.02. The largest absolute Gasteiger partial charge is 0.394 e. The van der Waals surface area contributed by atoms with Gasteiger partial charge in [-0.3, -0.25) is 18.7 Å². The number of rotatable bonds is 6. The van der Waals surface area contributed by atoms with Gasteiger partial charge in [-0.2, -0.15) is 4.39 Å². The first-order valence-electron chi connectivity index (χ1n) is 8.41. The SMILES string of the molecule is CO[C@@H](CO)Cn1cnc2c(c(Nc3ccc(I)cc3F)c(F)c(=O)n2C)c1=O. The highest BCUT2D eigenvalue weighted by Crippen LogP contribution is 2.26. The topological polar surface area (TPSA) is 98.4 Å². The molecule has 0 bridgehead atoms. The molecule has 8 nitrogen and oxygen atoms in total. The normalized spacial score (nSPS) is 12.3. The van der Waals surface area contributed by atoms with Gasteiger partial charge in [-0.15, -0.1) is 0 Å². The maximum Gasteiger partial charge on any atom is 0.290 e. The molecule has 0 fully saturated rings. The first-order valence-corrected chi connectivity index (χ1v) is 9.49. The van der Waals surface area contributed by atoms with Crippen molar-refractivity contribution >= 4 is 45.0 Å². The highest BCUT2D eigenvalue weighted by atomic mass is 127. The molecule has 3 aromatic rings. The van der Waals surface area contributed by atoms with Crippen molar-refractivity contribution in [1.82, 2.24) is 14.1 Å². The van der Waals surface area contributed by atoms with Gasteiger partial charge in [0.2, 0.25) is 5.82 Å². The van der Waals surface area contributed by atoms with Crippen LogP contribution < -0.4 is 16.4 Å². The monoisotopic (exact) mass is 518 g/mol. The molecule has 0 saturated heterocycles. The number of pyridine rings is 1. The van der Waals surface area contributed by atoms with Crippen LogP contribution in [0.4, 0.5) is 20.2 Å². The number of benzene rings is 1. The number of fused-ring (bicyclic) bond motifs is 1. The number of ether oxygens (including phenoxy) is 1. The van der Waals surface area contributed by atoms with Crippen molar-refractivity contribution in [3.63, 3.8) is 0 Å². The summed E-state index contributed by atoms with van der Waals surface area (Å²) in [6.07, 6.45) is 0.494. The van der Waals surface area contributed by atoms with Crippen molar-refractivity contribution in [3.05, 3.63) is 60.4 Å². The standard InChI is InChI=1S/C18H17F2IN4O4/c1-24-16-13(17(27)25(8-22-16)6-10(7-26)29-2)15(14(20)18(24)28)23-12-4-3-9(21)5-11(12)19/h3-5,8,10,23,26H,6-7H2,1-2H3/t10-/m1/s1. The van der Waals surface area contributed by atoms with Crippen molar-refractivity contribution in [2.24, 2.45) is 7.05 Å². The first kappa shape index (κ1) is 21.3. The number of anilines is 2. The van der Waals surface area contributed by atoms with Crippen LogP contribution in [0.15, 0.2) is 34.1 Å². The summed E-state index contributed by atoms with van der Waals surface area (Å²) in [7, 11) is 2.65. The summed E-state index contributed by atoms with van der Waals surface area (Å²) in [5.74, 6) is -1.91. The molecule has 3 rings (SSSR count). The molecule has 0 saturated carbocycles. The molecule has 0 aliphatic carbocycles. The Bertz CT molecular complexity index is 1190. The minimum atomic E-state index is -1.24. The number of aliphatic hydroxyl groups is 1. The van der Waals surface area contributed by atoms with Gasteiger partial charge in [0, 0.05) is 17.7 Å². The molecular formula is C18H17F2IN4O4. The van der Waals surface area contributed by atoms with E-state index in [-0.39, 0.29) is 29.9 Å². The van der Waals surface area contributed by atoms with Crippen molar-refractivity contribution in [2.45, 2.75) is 12.6 Å². The fourth-order valence-electron chi connectivity index (χ4n) is 2.81. The van der Waals surface area contributed by atoms with Crippen LogP contribution in [0.3, 0.4) is 0 Å². The minimum Gasteiger partial charge on any atom is -0.394 e. The highest BCUT2D eigenvalue weighted by molar-refractivity contribution is 14.1. The van der Waals surface area contributed by atoms with E-state index in [2.05, 4.69) is 10.3 Å². The summed E-state index contributed by atoms with van der Waals surface area (Å²) in [5, 5.41) is 11.6. The lowest BCUT2D eigenvalue weighted by atomic mass is 10.2. The number of nitrogens with zero attached hydrogens (tertiary/aromatic N) is 3. The van der Waals surface area contributed by atoms with Gasteiger partial charge in [-0.05, 0) is 40.8 Å². The van der Waals surface area contributed by atoms with Crippen molar-refractivity contribution < 1.29 is 18.6 Å². The quantitative estimate of drug-likeness (QED) is 0.483. The molecule has 0 unspecified atom stereocenters. The predicted octanol–water partition coefficient (Wildman–Crippen LogP) is 1.73. The maximum absolute atomic E-state index is 14.8. The second-order valence-electron chi connectivity index (χ2n) is 6.24. The van der Waals surface area contributed by atoms with Crippen molar-refractivity contribution in [2.75, 3.05) is 19.0 Å². The number of aromatic nitrogens is 3. The van der Waals surface area contributed by atoms with Crippen LogP contribution in [0.1, 0.15) is 0 Å². The first-order chi connectivity index (χ1) is 13.8. The van der Waals surface area contributed by atoms with Gasteiger partial charge in [-0.25, -0.2) is 9.37 Å². The van der Waals surface area contributed by atoms with Crippen LogP contribution in [0.5, 0.6) is 0 Å². The molecule has 1 aromatic carbocycles. The maximum atomic E-state index is 14.8. The fourth-order valence-corrected chi connectivity index (χ4v) is 3.27. The highest BCUT2D eigenvalue weighted by Gasteiger charge is 2.22. The van der Waals surface area contributed by atoms with Crippen molar-refractivity contribution in [1.29, 1.82) is 0 Å². The Morgan fingerprint density at radius 2 is 2.03 bits per heavy atom. The number of halogens is 3. The van der Waals surface area contributed by atoms with E-state index >= 15 is 0 Å². The lowest BCUT2D eigenvalue weighted by Crippen LogP contribution is -2.33. The Kier molecular flexibility index (Phi) is 6.29. The third-order valence-electron chi connectivity index (χ3n) is 4.43. The second-order valence-corrected chi connectivity index (χ2v) is 7.49. The Balaban J connectivity index is 2.26. The summed E-state index contributed by atoms with van der Waals surface area (Å²) in [6.45, 7) is -0.391. The number of hydrogen-bond donors (Lipinski definition) is 2. The van der Waals surface area contributed by atoms with Crippen LogP contribution >= 0.6 is 22.6 Å². The summed E-state index contributed by atoms with van der Waals surface area (Å²) in [5.41, 5.74) is -2.31. The van der Waals surface area contributed by atoms with Gasteiger partial charge in [0.15, 0.2) is 5.65 Å². The average Bonchev–Trinajstić information content (AvgIpc) is 2.70. The van der Waals surface area contributed by atoms with Gasteiger partial charge < -0.3 is 15.2 Å². The van der Waals surface area contributed by atoms with E-state index in [0.717, 1.165) is 9.13 Å². The molecule has 0 amide bonds. The molecule has 0 radical (unpaired) electrons. The van der Waals surface area contributed by atoms with E-state index in [0.29, 0.717) is 3.57 Å². The average molecular weight is 518 g/mol. The van der Waals surface area contributed by atoms with Gasteiger partial charge in [0.1, 0.15) is 17.5 Å². The van der Waals surface area contributed by atoms with Gasteiger partial charge in [-0.1, -0.05) is 0 Å². The van der Waals surface area contributed by atoms with E-state index in [1.54, 1.807) is 6.07 Å². The second kappa shape index (κ2) is 8.55. The van der Waals surface area contributed by atoms with Crippen molar-refractivity contribution in [3.8, 4) is 0 Å². The molecule has 0 spiro atoms. The number of aryl methyl sites for hydroxylation is 1. The Morgan fingerprint density at radius 1 is 1.31 bits per heavy atom. The zero-order chi connectivity index (χ0) is 21.3.